The lowest BCUT2D eigenvalue weighted by atomic mass is 9.85. The third-order valence-corrected chi connectivity index (χ3v) is 2.16. The van der Waals surface area contributed by atoms with Crippen molar-refractivity contribution >= 4 is 11.6 Å². The van der Waals surface area contributed by atoms with Crippen LogP contribution in [0.5, 0.6) is 0 Å². The summed E-state index contributed by atoms with van der Waals surface area (Å²) in [6.45, 7) is 10.3. The smallest absolute Gasteiger partial charge is 0.189 e. The average molecular weight is 162 g/mol. The van der Waals surface area contributed by atoms with E-state index in [0.29, 0.717) is 11.1 Å². The van der Waals surface area contributed by atoms with Crippen LogP contribution in [0.4, 0.5) is 0 Å². The van der Waals surface area contributed by atoms with Crippen LogP contribution in [-0.4, -0.2) is 11.6 Å². The highest BCUT2D eigenvalue weighted by Gasteiger charge is 2.27. The molecular formula is C10H10O2. The minimum atomic E-state index is -0.169. The molecular weight excluding hydrogens is 152 g/mol. The van der Waals surface area contributed by atoms with Crippen LogP contribution in [0.15, 0.2) is 35.5 Å². The number of Topliss-reactive ketones (excluding diaryl/α,β-unsaturated/α-hetero) is 2. The molecule has 0 aromatic rings. The SMILES string of the molecule is C=C1C(=C)C(=O)C(C)=C(C)C1=O. The predicted octanol–water partition coefficient (Wildman–Crippen LogP) is 1.59. The lowest BCUT2D eigenvalue weighted by Crippen LogP contribution is -2.20. The molecule has 1 aliphatic carbocycles. The van der Waals surface area contributed by atoms with Crippen molar-refractivity contribution in [3.63, 3.8) is 0 Å². The number of allylic oxidation sites excluding steroid dienone is 4. The highest BCUT2D eigenvalue weighted by Crippen LogP contribution is 2.24. The summed E-state index contributed by atoms with van der Waals surface area (Å²) in [4.78, 5) is 22.6. The zero-order chi connectivity index (χ0) is 9.46. The zero-order valence-corrected chi connectivity index (χ0v) is 7.23. The number of hydrogen-bond acceptors (Lipinski definition) is 2. The lowest BCUT2D eigenvalue weighted by molar-refractivity contribution is -0.116. The maximum atomic E-state index is 11.3. The fraction of sp³-hybridized carbons (Fsp3) is 0.200. The van der Waals surface area contributed by atoms with Gasteiger partial charge in [-0.25, -0.2) is 0 Å². The number of rotatable bonds is 0. The Labute approximate surface area is 71.3 Å². The molecule has 2 nitrogen and oxygen atoms in total. The van der Waals surface area contributed by atoms with E-state index in [-0.39, 0.29) is 22.7 Å². The third-order valence-electron chi connectivity index (χ3n) is 2.16. The van der Waals surface area contributed by atoms with Crippen LogP contribution in [0.3, 0.4) is 0 Å². The predicted molar refractivity (Wildman–Crippen MR) is 46.7 cm³/mol. The zero-order valence-electron chi connectivity index (χ0n) is 7.23. The minimum absolute atomic E-state index is 0.169. The van der Waals surface area contributed by atoms with Crippen molar-refractivity contribution in [2.45, 2.75) is 13.8 Å². The Kier molecular flexibility index (Phi) is 1.84. The van der Waals surface area contributed by atoms with Gasteiger partial charge in [0, 0.05) is 22.3 Å². The topological polar surface area (TPSA) is 34.1 Å². The van der Waals surface area contributed by atoms with E-state index in [2.05, 4.69) is 13.2 Å². The average Bonchev–Trinajstić information content (AvgIpc) is 2.08. The molecule has 0 fully saturated rings. The monoisotopic (exact) mass is 162 g/mol. The second-order valence-electron chi connectivity index (χ2n) is 2.87. The third kappa shape index (κ3) is 0.961. The van der Waals surface area contributed by atoms with Gasteiger partial charge in [-0.2, -0.15) is 0 Å². The van der Waals surface area contributed by atoms with E-state index in [0.717, 1.165) is 0 Å². The molecule has 0 spiro atoms. The van der Waals surface area contributed by atoms with Crippen LogP contribution in [0.25, 0.3) is 0 Å². The normalized spacial score (nSPS) is 19.2. The molecule has 12 heavy (non-hydrogen) atoms. The highest BCUT2D eigenvalue weighted by atomic mass is 16.1. The van der Waals surface area contributed by atoms with Crippen molar-refractivity contribution in [3.05, 3.63) is 35.5 Å². The van der Waals surface area contributed by atoms with Crippen LogP contribution < -0.4 is 0 Å². The maximum Gasteiger partial charge on any atom is 0.189 e. The first-order chi connectivity index (χ1) is 5.46. The molecule has 0 radical (unpaired) electrons. The first-order valence-corrected chi connectivity index (χ1v) is 3.62. The number of carbonyl (C=O) groups is 2. The first kappa shape index (κ1) is 8.65. The molecule has 1 rings (SSSR count). The fourth-order valence-electron chi connectivity index (χ4n) is 1.07. The van der Waals surface area contributed by atoms with Gasteiger partial charge in [0.15, 0.2) is 11.6 Å². The quantitative estimate of drug-likeness (QED) is 0.507. The summed E-state index contributed by atoms with van der Waals surface area (Å²) in [5.74, 6) is -0.339. The van der Waals surface area contributed by atoms with E-state index >= 15 is 0 Å². The second-order valence-corrected chi connectivity index (χ2v) is 2.87. The molecule has 0 unspecified atom stereocenters. The summed E-state index contributed by atoms with van der Waals surface area (Å²) in [5.41, 5.74) is 1.42. The van der Waals surface area contributed by atoms with Gasteiger partial charge in [-0.3, -0.25) is 9.59 Å². The fourth-order valence-corrected chi connectivity index (χ4v) is 1.07. The molecule has 62 valence electrons. The summed E-state index contributed by atoms with van der Waals surface area (Å²) in [5, 5.41) is 0. The van der Waals surface area contributed by atoms with Gasteiger partial charge in [0.1, 0.15) is 0 Å². The van der Waals surface area contributed by atoms with Gasteiger partial charge in [0.2, 0.25) is 0 Å². The van der Waals surface area contributed by atoms with E-state index in [1.165, 1.54) is 0 Å². The Morgan fingerprint density at radius 2 is 1.08 bits per heavy atom. The standard InChI is InChI=1S/C10H10O2/c1-5-6(2)10(12)8(4)7(3)9(5)11/h1-2H2,3-4H3. The maximum absolute atomic E-state index is 11.3. The number of hydrogen-bond donors (Lipinski definition) is 0. The summed E-state index contributed by atoms with van der Waals surface area (Å²) < 4.78 is 0. The van der Waals surface area contributed by atoms with Crippen molar-refractivity contribution in [2.75, 3.05) is 0 Å². The van der Waals surface area contributed by atoms with Gasteiger partial charge in [0.05, 0.1) is 0 Å². The molecule has 0 heterocycles. The van der Waals surface area contributed by atoms with Gasteiger partial charge in [-0.15, -0.1) is 0 Å². The van der Waals surface area contributed by atoms with Crippen molar-refractivity contribution in [2.24, 2.45) is 0 Å². The van der Waals surface area contributed by atoms with Gasteiger partial charge < -0.3 is 0 Å². The Bertz CT molecular complexity index is 309. The van der Waals surface area contributed by atoms with Gasteiger partial charge in [-0.05, 0) is 13.8 Å². The van der Waals surface area contributed by atoms with Crippen LogP contribution in [0.2, 0.25) is 0 Å². The molecule has 0 amide bonds. The first-order valence-electron chi connectivity index (χ1n) is 3.62. The molecule has 0 aliphatic heterocycles. The molecule has 1 aliphatic rings. The molecule has 2 heteroatoms. The lowest BCUT2D eigenvalue weighted by Gasteiger charge is -2.16. The van der Waals surface area contributed by atoms with Crippen LogP contribution >= 0.6 is 0 Å². The largest absolute Gasteiger partial charge is 0.289 e. The van der Waals surface area contributed by atoms with E-state index < -0.39 is 0 Å². The van der Waals surface area contributed by atoms with Gasteiger partial charge in [0.25, 0.3) is 0 Å². The van der Waals surface area contributed by atoms with Gasteiger partial charge in [-0.1, -0.05) is 13.2 Å². The van der Waals surface area contributed by atoms with Crippen molar-refractivity contribution in [1.29, 1.82) is 0 Å². The molecule has 0 atom stereocenters. The van der Waals surface area contributed by atoms with Crippen molar-refractivity contribution in [1.82, 2.24) is 0 Å². The Morgan fingerprint density at radius 3 is 1.33 bits per heavy atom. The highest BCUT2D eigenvalue weighted by molar-refractivity contribution is 6.28. The Balaban J connectivity index is 3.36. The molecule has 0 aromatic heterocycles. The molecule has 0 saturated heterocycles. The van der Waals surface area contributed by atoms with Crippen LogP contribution in [0.1, 0.15) is 13.8 Å². The van der Waals surface area contributed by atoms with Crippen molar-refractivity contribution in [3.8, 4) is 0 Å². The van der Waals surface area contributed by atoms with Gasteiger partial charge >= 0.3 is 0 Å². The molecule has 0 N–H and O–H groups in total. The second kappa shape index (κ2) is 2.55. The van der Waals surface area contributed by atoms with E-state index in [9.17, 15) is 9.59 Å². The Morgan fingerprint density at radius 1 is 0.833 bits per heavy atom. The summed E-state index contributed by atoms with van der Waals surface area (Å²) in [6, 6.07) is 0. The molecule has 0 aromatic carbocycles. The molecule has 0 bridgehead atoms. The van der Waals surface area contributed by atoms with E-state index in [1.54, 1.807) is 13.8 Å². The summed E-state index contributed by atoms with van der Waals surface area (Å²) in [6.07, 6.45) is 0. The van der Waals surface area contributed by atoms with E-state index in [1.807, 2.05) is 0 Å². The summed E-state index contributed by atoms with van der Waals surface area (Å²) >= 11 is 0. The van der Waals surface area contributed by atoms with Crippen LogP contribution in [-0.2, 0) is 9.59 Å². The Hall–Kier alpha value is -1.44. The van der Waals surface area contributed by atoms with Crippen molar-refractivity contribution < 1.29 is 9.59 Å². The number of ketones is 2. The van der Waals surface area contributed by atoms with Crippen LogP contribution in [0, 0.1) is 0 Å². The number of carbonyl (C=O) groups excluding carboxylic acids is 2. The summed E-state index contributed by atoms with van der Waals surface area (Å²) in [7, 11) is 0. The minimum Gasteiger partial charge on any atom is -0.289 e. The molecule has 0 saturated carbocycles. The van der Waals surface area contributed by atoms with E-state index in [4.69, 9.17) is 0 Å².